The average molecular weight is 769 g/mol. The van der Waals surface area contributed by atoms with Crippen molar-refractivity contribution in [2.45, 2.75) is 76.7 Å². The maximum absolute atomic E-state index is 11.2. The Kier molecular flexibility index (Phi) is 13.9. The first kappa shape index (κ1) is 41.7. The lowest BCUT2D eigenvalue weighted by molar-refractivity contribution is -0.951. The number of aromatic nitrogens is 2. The third kappa shape index (κ3) is 9.31. The molecule has 13 nitrogen and oxygen atoms in total. The van der Waals surface area contributed by atoms with Crippen LogP contribution in [0, 0.1) is 23.7 Å². The number of hydrogen-bond donors (Lipinski definition) is 4. The van der Waals surface area contributed by atoms with Gasteiger partial charge >= 0.3 is 0 Å². The van der Waals surface area contributed by atoms with Gasteiger partial charge in [-0.05, 0) is 84.3 Å². The van der Waals surface area contributed by atoms with E-state index in [0.29, 0.717) is 12.1 Å². The Bertz CT molecular complexity index is 1830. The van der Waals surface area contributed by atoms with Gasteiger partial charge in [0, 0.05) is 71.1 Å². The Hall–Kier alpha value is -3.47. The number of aliphatic hydroxyl groups excluding tert-OH is 2. The van der Waals surface area contributed by atoms with Crippen LogP contribution >= 0.6 is 0 Å². The quantitative estimate of drug-likeness (QED) is 0.151. The molecule has 0 aliphatic carbocycles. The molecule has 8 heterocycles. The summed E-state index contributed by atoms with van der Waals surface area (Å²) in [5.74, 6) is 4.88. The van der Waals surface area contributed by atoms with Crippen LogP contribution < -0.4 is 19.3 Å². The van der Waals surface area contributed by atoms with E-state index in [0.717, 1.165) is 80.9 Å². The number of methoxy groups -OCH3 is 2. The van der Waals surface area contributed by atoms with E-state index in [9.17, 15) is 10.2 Å². The van der Waals surface area contributed by atoms with Gasteiger partial charge in [-0.2, -0.15) is 0 Å². The second-order valence-electron chi connectivity index (χ2n) is 15.2. The highest BCUT2D eigenvalue weighted by Crippen LogP contribution is 2.37. The van der Waals surface area contributed by atoms with Crippen molar-refractivity contribution in [2.75, 3.05) is 40.4 Å². The highest BCUT2D eigenvalue weighted by atomic mass is 32.3. The van der Waals surface area contributed by atoms with E-state index in [-0.39, 0.29) is 5.48 Å². The largest absolute Gasteiger partial charge is 0.759 e. The molecule has 2 aromatic carbocycles. The van der Waals surface area contributed by atoms with Crippen LogP contribution in [0.25, 0.3) is 21.8 Å². The summed E-state index contributed by atoms with van der Waals surface area (Å²) in [5, 5.41) is 24.4. The molecule has 6 N–H and O–H groups in total. The topological polar surface area (TPSA) is 205 Å². The van der Waals surface area contributed by atoms with Gasteiger partial charge in [0.05, 0.1) is 51.4 Å². The number of nitrogens with one attached hydrogen (secondary N) is 2. The highest BCUT2D eigenvalue weighted by Gasteiger charge is 2.47. The number of hydrogen-bond acceptors (Lipinski definition) is 10. The molecule has 0 radical (unpaired) electrons. The fourth-order valence-electron chi connectivity index (χ4n) is 9.86. The first-order valence-electron chi connectivity index (χ1n) is 19.0. The number of aliphatic hydroxyl groups is 2. The highest BCUT2D eigenvalue weighted by molar-refractivity contribution is 7.79. The van der Waals surface area contributed by atoms with Crippen LogP contribution in [0.1, 0.15) is 75.7 Å². The third-order valence-corrected chi connectivity index (χ3v) is 12.6. The molecule has 0 saturated carbocycles. The lowest BCUT2D eigenvalue weighted by Gasteiger charge is -2.48. The Labute approximate surface area is 318 Å². The maximum Gasteiger partial charge on any atom is 0.131 e. The number of fused-ring (bicyclic) bond motifs is 8. The zero-order chi connectivity index (χ0) is 37.9. The molecule has 0 amide bonds. The van der Waals surface area contributed by atoms with Gasteiger partial charge in [-0.15, -0.1) is 0 Å². The summed E-state index contributed by atoms with van der Waals surface area (Å²) < 4.78 is 44.8. The minimum absolute atomic E-state index is 0. The summed E-state index contributed by atoms with van der Waals surface area (Å²) in [4.78, 5) is 12.1. The molecule has 8 unspecified atom stereocenters. The molecule has 14 heteroatoms. The van der Waals surface area contributed by atoms with Gasteiger partial charge < -0.3 is 44.1 Å². The monoisotopic (exact) mass is 768 g/mol. The minimum Gasteiger partial charge on any atom is -0.759 e. The van der Waals surface area contributed by atoms with Crippen LogP contribution in [0.4, 0.5) is 0 Å². The van der Waals surface area contributed by atoms with E-state index < -0.39 is 22.6 Å². The predicted octanol–water partition coefficient (Wildman–Crippen LogP) is 1.80. The second-order valence-corrected chi connectivity index (χ2v) is 16.0. The molecular weight excluding hydrogens is 713 g/mol. The standard InChI is InChI=1S/2C20H26N2O2.H2O4S.H2O/c2*1-3-13-12-22-9-7-14(13)10-19(22)20(23)16-6-8-21-18-5-4-15(24-2)11-17(16)18;1-5(2,3)4;/h2*4-6,8,11,13-14,19-20,23H,3,7,9-10,12H2,1-2H3;(H2,1,2,3,4);1H2/t2*13?,14-,19?,20?;;/m00../s1. The van der Waals surface area contributed by atoms with Crippen molar-refractivity contribution < 1.29 is 52.5 Å². The predicted molar refractivity (Wildman–Crippen MR) is 203 cm³/mol. The second kappa shape index (κ2) is 18.0. The molecule has 0 spiro atoms. The number of benzene rings is 2. The molecule has 4 aromatic rings. The third-order valence-electron chi connectivity index (χ3n) is 12.6. The van der Waals surface area contributed by atoms with Gasteiger partial charge in [-0.1, -0.05) is 13.8 Å². The van der Waals surface area contributed by atoms with E-state index in [1.807, 2.05) is 60.9 Å². The van der Waals surface area contributed by atoms with Gasteiger partial charge in [0.2, 0.25) is 0 Å². The van der Waals surface area contributed by atoms with Gasteiger partial charge in [0.15, 0.2) is 0 Å². The summed E-state index contributed by atoms with van der Waals surface area (Å²) in [6, 6.07) is 16.4. The Morgan fingerprint density at radius 2 is 1.13 bits per heavy atom. The summed E-state index contributed by atoms with van der Waals surface area (Å²) in [7, 11) is -1.82. The van der Waals surface area contributed by atoms with Crippen LogP contribution in [0.2, 0.25) is 0 Å². The zero-order valence-electron chi connectivity index (χ0n) is 31.6. The molecule has 6 fully saturated rings. The van der Waals surface area contributed by atoms with Crippen molar-refractivity contribution in [1.29, 1.82) is 0 Å². The summed E-state index contributed by atoms with van der Waals surface area (Å²) in [5.41, 5.74) is 3.84. The average Bonchev–Trinajstić information content (AvgIpc) is 3.19. The molecule has 54 heavy (non-hydrogen) atoms. The summed E-state index contributed by atoms with van der Waals surface area (Å²) in [6.45, 7) is 9.45. The van der Waals surface area contributed by atoms with Gasteiger partial charge in [0.1, 0.15) is 35.8 Å². The molecule has 4 bridgehead atoms. The van der Waals surface area contributed by atoms with E-state index >= 15 is 0 Å². The fraction of sp³-hybridized carbons (Fsp3) is 0.550. The van der Waals surface area contributed by atoms with Crippen molar-refractivity contribution >= 4 is 32.2 Å². The number of ether oxygens (including phenoxy) is 2. The van der Waals surface area contributed by atoms with Gasteiger partial charge in [-0.3, -0.25) is 18.4 Å². The van der Waals surface area contributed by atoms with Crippen molar-refractivity contribution in [3.63, 3.8) is 0 Å². The number of rotatable bonds is 8. The van der Waals surface area contributed by atoms with Gasteiger partial charge in [-0.25, -0.2) is 0 Å². The summed E-state index contributed by atoms with van der Waals surface area (Å²) >= 11 is 0. The van der Waals surface area contributed by atoms with E-state index in [1.54, 1.807) is 24.0 Å². The van der Waals surface area contributed by atoms with Crippen molar-refractivity contribution in [3.05, 3.63) is 72.1 Å². The first-order valence-corrected chi connectivity index (χ1v) is 20.3. The zero-order valence-corrected chi connectivity index (χ0v) is 32.4. The SMILES string of the molecule is CCC1C[NH+]2CC[C@H]1CC2C(O)c1ccnc2ccc(OC)cc12.CCC1C[NH+]2CC[C@H]1CC2C(O)c1ccnc2ccc(OC)cc12.O.O=S(=O)([O-])[O-]. The molecule has 6 aliphatic rings. The Morgan fingerprint density at radius 3 is 1.44 bits per heavy atom. The Balaban J connectivity index is 0.000000182. The molecule has 2 aromatic heterocycles. The Morgan fingerprint density at radius 1 is 0.741 bits per heavy atom. The van der Waals surface area contributed by atoms with Crippen LogP contribution in [0.3, 0.4) is 0 Å². The first-order chi connectivity index (χ1) is 25.4. The van der Waals surface area contributed by atoms with Crippen molar-refractivity contribution in [3.8, 4) is 11.5 Å². The molecule has 6 saturated heterocycles. The smallest absolute Gasteiger partial charge is 0.131 e. The van der Waals surface area contributed by atoms with E-state index in [4.69, 9.17) is 27.0 Å². The molecule has 10 rings (SSSR count). The number of quaternary nitrogens is 2. The molecule has 296 valence electrons. The van der Waals surface area contributed by atoms with Crippen LogP contribution in [0.5, 0.6) is 11.5 Å². The van der Waals surface area contributed by atoms with E-state index in [2.05, 4.69) is 23.8 Å². The molecule has 10 atom stereocenters. The lowest BCUT2D eigenvalue weighted by Crippen LogP contribution is -3.20. The molecule has 6 aliphatic heterocycles. The van der Waals surface area contributed by atoms with Crippen molar-refractivity contribution in [1.82, 2.24) is 9.97 Å². The number of piperidine rings is 6. The number of pyridine rings is 2. The van der Waals surface area contributed by atoms with Crippen molar-refractivity contribution in [2.24, 2.45) is 23.7 Å². The lowest BCUT2D eigenvalue weighted by atomic mass is 9.72. The maximum atomic E-state index is 11.2. The van der Waals surface area contributed by atoms with Crippen LogP contribution in [0.15, 0.2) is 60.9 Å². The molecular formula is C40H56N4O9S. The normalized spacial score (nSPS) is 28.1. The fourth-order valence-corrected chi connectivity index (χ4v) is 9.86. The van der Waals surface area contributed by atoms with Gasteiger partial charge in [0.25, 0.3) is 0 Å². The van der Waals surface area contributed by atoms with Crippen LogP contribution in [-0.2, 0) is 10.4 Å². The number of nitrogens with zero attached hydrogens (tertiary/aromatic N) is 2. The van der Waals surface area contributed by atoms with E-state index in [1.165, 1.54) is 51.9 Å². The minimum atomic E-state index is -5.17. The van der Waals surface area contributed by atoms with Crippen LogP contribution in [-0.4, -0.2) is 95.7 Å². The summed E-state index contributed by atoms with van der Waals surface area (Å²) in [6.07, 6.45) is 10.2.